The average molecular weight is 288 g/mol. The molecule has 1 fully saturated rings. The van der Waals surface area contributed by atoms with Crippen LogP contribution in [0.3, 0.4) is 0 Å². The average Bonchev–Trinajstić information content (AvgIpc) is 2.25. The lowest BCUT2D eigenvalue weighted by Gasteiger charge is -2.38. The summed E-state index contributed by atoms with van der Waals surface area (Å²) < 4.78 is 0.0341. The van der Waals surface area contributed by atoms with Crippen LogP contribution in [-0.4, -0.2) is 51.6 Å². The summed E-state index contributed by atoms with van der Waals surface area (Å²) in [7, 11) is 0. The number of carbonyl (C=O) groups excluding carboxylic acids is 1. The molecule has 1 atom stereocenters. The third-order valence-electron chi connectivity index (χ3n) is 3.02. The minimum absolute atomic E-state index is 0.0341. The van der Waals surface area contributed by atoms with E-state index in [1.807, 2.05) is 25.6 Å². The van der Waals surface area contributed by atoms with Gasteiger partial charge in [0, 0.05) is 23.6 Å². The van der Waals surface area contributed by atoms with Crippen LogP contribution in [0.4, 0.5) is 4.79 Å². The summed E-state index contributed by atoms with van der Waals surface area (Å²) in [6.45, 7) is 9.41. The number of hydrogen-bond acceptors (Lipinski definition) is 3. The Hall–Kier alpha value is -0.910. The SMILES string of the molecule is CC(C)C[C@H](NC(=O)N1CCSC(C)(C)C1)C(=O)O. The predicted octanol–water partition coefficient (Wildman–Crippen LogP) is 2.02. The van der Waals surface area contributed by atoms with Crippen molar-refractivity contribution in [1.29, 1.82) is 0 Å². The molecule has 110 valence electrons. The van der Waals surface area contributed by atoms with Gasteiger partial charge in [0.1, 0.15) is 6.04 Å². The molecule has 0 bridgehead atoms. The Morgan fingerprint density at radius 3 is 2.53 bits per heavy atom. The zero-order chi connectivity index (χ0) is 14.6. The Morgan fingerprint density at radius 2 is 2.05 bits per heavy atom. The van der Waals surface area contributed by atoms with Crippen LogP contribution in [0.15, 0.2) is 0 Å². The first-order valence-corrected chi connectivity index (χ1v) is 7.62. The van der Waals surface area contributed by atoms with Crippen molar-refractivity contribution >= 4 is 23.8 Å². The van der Waals surface area contributed by atoms with Crippen LogP contribution in [0, 0.1) is 5.92 Å². The number of carbonyl (C=O) groups is 2. The first-order valence-electron chi connectivity index (χ1n) is 6.63. The number of carboxylic acid groups (broad SMARTS) is 1. The van der Waals surface area contributed by atoms with E-state index in [1.165, 1.54) is 0 Å². The van der Waals surface area contributed by atoms with Crippen molar-refractivity contribution in [3.63, 3.8) is 0 Å². The van der Waals surface area contributed by atoms with E-state index in [1.54, 1.807) is 4.90 Å². The highest BCUT2D eigenvalue weighted by molar-refractivity contribution is 8.00. The summed E-state index contributed by atoms with van der Waals surface area (Å²) in [5.41, 5.74) is 0. The van der Waals surface area contributed by atoms with Gasteiger partial charge in [0.15, 0.2) is 0 Å². The van der Waals surface area contributed by atoms with E-state index < -0.39 is 12.0 Å². The van der Waals surface area contributed by atoms with E-state index in [-0.39, 0.29) is 16.7 Å². The zero-order valence-electron chi connectivity index (χ0n) is 12.1. The van der Waals surface area contributed by atoms with E-state index in [4.69, 9.17) is 5.11 Å². The highest BCUT2D eigenvalue weighted by atomic mass is 32.2. The zero-order valence-corrected chi connectivity index (χ0v) is 12.9. The normalized spacial score (nSPS) is 20.2. The second kappa shape index (κ2) is 6.50. The first kappa shape index (κ1) is 16.1. The first-order chi connectivity index (χ1) is 8.71. The molecule has 2 N–H and O–H groups in total. The van der Waals surface area contributed by atoms with Gasteiger partial charge in [-0.1, -0.05) is 13.8 Å². The number of urea groups is 1. The van der Waals surface area contributed by atoms with E-state index in [0.717, 1.165) is 5.75 Å². The Labute approximate surface area is 119 Å². The molecule has 0 unspecified atom stereocenters. The van der Waals surface area contributed by atoms with Gasteiger partial charge in [0.05, 0.1) is 0 Å². The highest BCUT2D eigenvalue weighted by Gasteiger charge is 2.31. The standard InChI is InChI=1S/C13H24N2O3S/c1-9(2)7-10(11(16)17)14-12(18)15-5-6-19-13(3,4)8-15/h9-10H,5-8H2,1-4H3,(H,14,18)(H,16,17)/t10-/m0/s1. The number of carboxylic acids is 1. The molecule has 1 rings (SSSR count). The highest BCUT2D eigenvalue weighted by Crippen LogP contribution is 2.29. The molecule has 1 aliphatic rings. The molecular formula is C13H24N2O3S. The van der Waals surface area contributed by atoms with Crippen LogP contribution < -0.4 is 5.32 Å². The molecule has 0 aliphatic carbocycles. The van der Waals surface area contributed by atoms with Crippen LogP contribution in [0.2, 0.25) is 0 Å². The van der Waals surface area contributed by atoms with E-state index in [0.29, 0.717) is 19.5 Å². The van der Waals surface area contributed by atoms with Gasteiger partial charge in [-0.3, -0.25) is 0 Å². The lowest BCUT2D eigenvalue weighted by molar-refractivity contribution is -0.139. The van der Waals surface area contributed by atoms with Gasteiger partial charge in [-0.15, -0.1) is 0 Å². The second-order valence-corrected chi connectivity index (χ2v) is 7.80. The van der Waals surface area contributed by atoms with Gasteiger partial charge in [-0.25, -0.2) is 9.59 Å². The maximum atomic E-state index is 12.1. The molecule has 19 heavy (non-hydrogen) atoms. The van der Waals surface area contributed by atoms with Crippen molar-refractivity contribution in [2.75, 3.05) is 18.8 Å². The number of nitrogens with zero attached hydrogens (tertiary/aromatic N) is 1. The Morgan fingerprint density at radius 1 is 1.42 bits per heavy atom. The number of rotatable bonds is 4. The molecule has 1 aliphatic heterocycles. The summed E-state index contributed by atoms with van der Waals surface area (Å²) in [4.78, 5) is 25.0. The molecule has 0 radical (unpaired) electrons. The molecule has 0 spiro atoms. The molecule has 2 amide bonds. The molecule has 0 aromatic carbocycles. The topological polar surface area (TPSA) is 69.6 Å². The van der Waals surface area contributed by atoms with Crippen molar-refractivity contribution in [2.45, 2.75) is 44.9 Å². The van der Waals surface area contributed by atoms with Gasteiger partial charge in [-0.2, -0.15) is 11.8 Å². The Bertz CT molecular complexity index is 345. The van der Waals surface area contributed by atoms with Crippen molar-refractivity contribution in [3.8, 4) is 0 Å². The smallest absolute Gasteiger partial charge is 0.326 e. The summed E-state index contributed by atoms with van der Waals surface area (Å²) >= 11 is 1.84. The molecule has 6 heteroatoms. The van der Waals surface area contributed by atoms with E-state index in [9.17, 15) is 9.59 Å². The van der Waals surface area contributed by atoms with Crippen LogP contribution in [0.5, 0.6) is 0 Å². The quantitative estimate of drug-likeness (QED) is 0.830. The lowest BCUT2D eigenvalue weighted by Crippen LogP contribution is -2.53. The minimum Gasteiger partial charge on any atom is -0.480 e. The molecular weight excluding hydrogens is 264 g/mol. The number of hydrogen-bond donors (Lipinski definition) is 2. The molecule has 1 heterocycles. The van der Waals surface area contributed by atoms with Gasteiger partial charge in [0.25, 0.3) is 0 Å². The molecule has 0 aromatic heterocycles. The minimum atomic E-state index is -0.965. The largest absolute Gasteiger partial charge is 0.480 e. The van der Waals surface area contributed by atoms with Gasteiger partial charge < -0.3 is 15.3 Å². The summed E-state index contributed by atoms with van der Waals surface area (Å²) in [6, 6.07) is -1.06. The molecule has 0 saturated carbocycles. The maximum Gasteiger partial charge on any atom is 0.326 e. The summed E-state index contributed by atoms with van der Waals surface area (Å²) in [5, 5.41) is 11.8. The summed E-state index contributed by atoms with van der Waals surface area (Å²) in [5.74, 6) is 0.157. The van der Waals surface area contributed by atoms with Crippen LogP contribution >= 0.6 is 11.8 Å². The summed E-state index contributed by atoms with van der Waals surface area (Å²) in [6.07, 6.45) is 0.451. The third-order valence-corrected chi connectivity index (χ3v) is 4.31. The van der Waals surface area contributed by atoms with Crippen molar-refractivity contribution < 1.29 is 14.7 Å². The van der Waals surface area contributed by atoms with Crippen LogP contribution in [-0.2, 0) is 4.79 Å². The fraction of sp³-hybridized carbons (Fsp3) is 0.846. The number of nitrogens with one attached hydrogen (secondary N) is 1. The Kier molecular flexibility index (Phi) is 5.52. The monoisotopic (exact) mass is 288 g/mol. The predicted molar refractivity (Wildman–Crippen MR) is 77.5 cm³/mol. The van der Waals surface area contributed by atoms with Crippen molar-refractivity contribution in [1.82, 2.24) is 10.2 Å². The number of amides is 2. The Balaban J connectivity index is 2.59. The third kappa shape index (κ3) is 5.30. The number of thioether (sulfide) groups is 1. The van der Waals surface area contributed by atoms with Crippen molar-refractivity contribution in [3.05, 3.63) is 0 Å². The molecule has 0 aromatic rings. The molecule has 5 nitrogen and oxygen atoms in total. The van der Waals surface area contributed by atoms with Gasteiger partial charge >= 0.3 is 12.0 Å². The van der Waals surface area contributed by atoms with Crippen LogP contribution in [0.25, 0.3) is 0 Å². The molecule has 1 saturated heterocycles. The van der Waals surface area contributed by atoms with Gasteiger partial charge in [-0.05, 0) is 26.2 Å². The maximum absolute atomic E-state index is 12.1. The van der Waals surface area contributed by atoms with Crippen molar-refractivity contribution in [2.24, 2.45) is 5.92 Å². The fourth-order valence-corrected chi connectivity index (χ4v) is 3.23. The van der Waals surface area contributed by atoms with E-state index >= 15 is 0 Å². The van der Waals surface area contributed by atoms with E-state index in [2.05, 4.69) is 19.2 Å². The van der Waals surface area contributed by atoms with Crippen LogP contribution in [0.1, 0.15) is 34.1 Å². The second-order valence-electron chi connectivity index (χ2n) is 6.00. The van der Waals surface area contributed by atoms with Gasteiger partial charge in [0.2, 0.25) is 0 Å². The number of aliphatic carboxylic acids is 1. The lowest BCUT2D eigenvalue weighted by atomic mass is 10.0. The fourth-order valence-electron chi connectivity index (χ4n) is 2.12.